The van der Waals surface area contributed by atoms with Crippen molar-refractivity contribution in [1.29, 1.82) is 0 Å². The van der Waals surface area contributed by atoms with Crippen molar-refractivity contribution in [3.8, 4) is 0 Å². The van der Waals surface area contributed by atoms with Crippen LogP contribution in [0.3, 0.4) is 0 Å². The average molecular weight is 293 g/mol. The smallest absolute Gasteiger partial charge is 0.220 e. The largest absolute Gasteiger partial charge is 0.356 e. The zero-order chi connectivity index (χ0) is 15.7. The lowest BCUT2D eigenvalue weighted by molar-refractivity contribution is -0.122. The molecule has 0 saturated carbocycles. The summed E-state index contributed by atoms with van der Waals surface area (Å²) in [5.41, 5.74) is 0.0557. The van der Waals surface area contributed by atoms with E-state index in [2.05, 4.69) is 38.2 Å². The summed E-state index contributed by atoms with van der Waals surface area (Å²) in [6, 6.07) is 0. The van der Waals surface area contributed by atoms with Gasteiger partial charge in [0.1, 0.15) is 5.78 Å². The quantitative estimate of drug-likeness (QED) is 0.686. The van der Waals surface area contributed by atoms with Crippen LogP contribution in [0.1, 0.15) is 72.1 Å². The van der Waals surface area contributed by atoms with E-state index >= 15 is 0 Å². The highest BCUT2D eigenvalue weighted by Crippen LogP contribution is 2.34. The first-order chi connectivity index (χ1) is 9.92. The van der Waals surface area contributed by atoms with Gasteiger partial charge in [0, 0.05) is 25.8 Å². The van der Waals surface area contributed by atoms with Crippen molar-refractivity contribution in [2.45, 2.75) is 72.1 Å². The summed E-state index contributed by atoms with van der Waals surface area (Å²) in [6.45, 7) is 7.35. The van der Waals surface area contributed by atoms with Gasteiger partial charge in [-0.05, 0) is 43.4 Å². The molecule has 1 rings (SSSR count). The number of ketones is 1. The zero-order valence-electron chi connectivity index (χ0n) is 13.9. The average Bonchev–Trinajstić information content (AvgIpc) is 2.39. The highest BCUT2D eigenvalue weighted by Gasteiger charge is 2.27. The number of allylic oxidation sites excluding steroid dienone is 1. The van der Waals surface area contributed by atoms with E-state index in [1.54, 1.807) is 0 Å². The molecule has 120 valence electrons. The Balaban J connectivity index is 2.59. The molecule has 1 unspecified atom stereocenters. The number of hydrogen-bond donors (Lipinski definition) is 1. The molecule has 3 nitrogen and oxygen atoms in total. The Labute approximate surface area is 129 Å². The zero-order valence-corrected chi connectivity index (χ0v) is 13.9. The van der Waals surface area contributed by atoms with Gasteiger partial charge in [0.2, 0.25) is 5.91 Å². The summed E-state index contributed by atoms with van der Waals surface area (Å²) in [5.74, 6) is 0.911. The first-order valence-electron chi connectivity index (χ1n) is 8.35. The molecular formula is C18H31NO2. The van der Waals surface area contributed by atoms with E-state index in [4.69, 9.17) is 0 Å². The van der Waals surface area contributed by atoms with Crippen molar-refractivity contribution in [2.24, 2.45) is 11.3 Å². The SMILES string of the molecule is CC1CCCC=CCCNC(=O)CCCC(=O)CC1(C)C. The minimum absolute atomic E-state index is 0.0557. The summed E-state index contributed by atoms with van der Waals surface area (Å²) < 4.78 is 0. The topological polar surface area (TPSA) is 46.2 Å². The minimum atomic E-state index is 0.0557. The Bertz CT molecular complexity index is 371. The number of rotatable bonds is 0. The fourth-order valence-electron chi connectivity index (χ4n) is 2.77. The van der Waals surface area contributed by atoms with E-state index in [-0.39, 0.29) is 11.3 Å². The summed E-state index contributed by atoms with van der Waals surface area (Å²) in [4.78, 5) is 23.7. The Kier molecular flexibility index (Phi) is 7.69. The Morgan fingerprint density at radius 2 is 1.81 bits per heavy atom. The van der Waals surface area contributed by atoms with Gasteiger partial charge in [-0.3, -0.25) is 9.59 Å². The Morgan fingerprint density at radius 1 is 1.10 bits per heavy atom. The minimum Gasteiger partial charge on any atom is -0.356 e. The molecule has 21 heavy (non-hydrogen) atoms. The van der Waals surface area contributed by atoms with Gasteiger partial charge in [0.25, 0.3) is 0 Å². The molecule has 0 bridgehead atoms. The van der Waals surface area contributed by atoms with E-state index in [0.717, 1.165) is 12.8 Å². The van der Waals surface area contributed by atoms with Crippen LogP contribution in [-0.2, 0) is 9.59 Å². The van der Waals surface area contributed by atoms with Gasteiger partial charge in [-0.2, -0.15) is 0 Å². The predicted molar refractivity (Wildman–Crippen MR) is 87.0 cm³/mol. The van der Waals surface area contributed by atoms with E-state index < -0.39 is 0 Å². The second-order valence-corrected chi connectivity index (χ2v) is 7.00. The van der Waals surface area contributed by atoms with Crippen molar-refractivity contribution in [3.05, 3.63) is 12.2 Å². The van der Waals surface area contributed by atoms with Crippen molar-refractivity contribution in [2.75, 3.05) is 6.54 Å². The van der Waals surface area contributed by atoms with Crippen molar-refractivity contribution in [3.63, 3.8) is 0 Å². The number of nitrogens with one attached hydrogen (secondary N) is 1. The first kappa shape index (κ1) is 17.9. The third-order valence-corrected chi connectivity index (χ3v) is 4.65. The van der Waals surface area contributed by atoms with Crippen LogP contribution in [0.2, 0.25) is 0 Å². The molecular weight excluding hydrogens is 262 g/mol. The molecule has 0 aromatic rings. The molecule has 0 aliphatic carbocycles. The van der Waals surface area contributed by atoms with Gasteiger partial charge in [-0.15, -0.1) is 0 Å². The number of hydrogen-bond acceptors (Lipinski definition) is 2. The fraction of sp³-hybridized carbons (Fsp3) is 0.778. The Hall–Kier alpha value is -1.12. The molecule has 1 amide bonds. The highest BCUT2D eigenvalue weighted by molar-refractivity contribution is 5.80. The van der Waals surface area contributed by atoms with E-state index in [1.807, 2.05) is 0 Å². The molecule has 0 spiro atoms. The van der Waals surface area contributed by atoms with Crippen LogP contribution in [0.25, 0.3) is 0 Å². The summed E-state index contributed by atoms with van der Waals surface area (Å²) in [7, 11) is 0. The van der Waals surface area contributed by atoms with Crippen LogP contribution in [-0.4, -0.2) is 18.2 Å². The fourth-order valence-corrected chi connectivity index (χ4v) is 2.77. The van der Waals surface area contributed by atoms with Crippen molar-refractivity contribution >= 4 is 11.7 Å². The third kappa shape index (κ3) is 7.45. The van der Waals surface area contributed by atoms with Gasteiger partial charge in [-0.1, -0.05) is 32.9 Å². The maximum Gasteiger partial charge on any atom is 0.220 e. The van der Waals surface area contributed by atoms with Crippen LogP contribution in [0.4, 0.5) is 0 Å². The van der Waals surface area contributed by atoms with Gasteiger partial charge in [-0.25, -0.2) is 0 Å². The Morgan fingerprint density at radius 3 is 2.57 bits per heavy atom. The van der Waals surface area contributed by atoms with Crippen molar-refractivity contribution in [1.82, 2.24) is 5.32 Å². The van der Waals surface area contributed by atoms with Crippen LogP contribution in [0.5, 0.6) is 0 Å². The lowest BCUT2D eigenvalue weighted by atomic mass is 9.73. The second-order valence-electron chi connectivity index (χ2n) is 7.00. The van der Waals surface area contributed by atoms with E-state index in [9.17, 15) is 9.59 Å². The molecule has 3 heteroatoms. The van der Waals surface area contributed by atoms with Crippen LogP contribution >= 0.6 is 0 Å². The molecule has 1 heterocycles. The van der Waals surface area contributed by atoms with Gasteiger partial charge in [0.15, 0.2) is 0 Å². The monoisotopic (exact) mass is 293 g/mol. The number of amides is 1. The highest BCUT2D eigenvalue weighted by atomic mass is 16.1. The van der Waals surface area contributed by atoms with Gasteiger partial charge >= 0.3 is 0 Å². The molecule has 1 N–H and O–H groups in total. The maximum atomic E-state index is 12.1. The van der Waals surface area contributed by atoms with E-state index in [0.29, 0.717) is 43.9 Å². The second kappa shape index (κ2) is 9.01. The predicted octanol–water partition coefficient (Wildman–Crippen LogP) is 4.02. The molecule has 1 aliphatic rings. The van der Waals surface area contributed by atoms with E-state index in [1.165, 1.54) is 12.8 Å². The molecule has 0 fully saturated rings. The molecule has 0 aromatic heterocycles. The molecule has 0 radical (unpaired) electrons. The van der Waals surface area contributed by atoms with Crippen molar-refractivity contribution < 1.29 is 9.59 Å². The summed E-state index contributed by atoms with van der Waals surface area (Å²) >= 11 is 0. The maximum absolute atomic E-state index is 12.1. The number of carbonyl (C=O) groups excluding carboxylic acids is 2. The molecule has 0 aromatic carbocycles. The van der Waals surface area contributed by atoms with Crippen LogP contribution in [0, 0.1) is 11.3 Å². The van der Waals surface area contributed by atoms with Gasteiger partial charge in [0.05, 0.1) is 0 Å². The molecule has 1 aliphatic heterocycles. The lowest BCUT2D eigenvalue weighted by Crippen LogP contribution is -2.26. The summed E-state index contributed by atoms with van der Waals surface area (Å²) in [6.07, 6.45) is 11.0. The summed E-state index contributed by atoms with van der Waals surface area (Å²) in [5, 5.41) is 2.90. The standard InChI is InChI=1S/C18H31NO2/c1-15-10-7-5-4-6-8-13-19-17(21)12-9-11-16(20)14-18(15,2)3/h4,6,15H,5,7-14H2,1-3H3,(H,19,21). The number of Topliss-reactive ketones (excluding diaryl/α,β-unsaturated/α-hetero) is 1. The lowest BCUT2D eigenvalue weighted by Gasteiger charge is -2.31. The van der Waals surface area contributed by atoms with Gasteiger partial charge < -0.3 is 5.32 Å². The van der Waals surface area contributed by atoms with Crippen LogP contribution in [0.15, 0.2) is 12.2 Å². The first-order valence-corrected chi connectivity index (χ1v) is 8.35. The molecule has 0 saturated heterocycles. The third-order valence-electron chi connectivity index (χ3n) is 4.65. The van der Waals surface area contributed by atoms with Crippen LogP contribution < -0.4 is 5.32 Å². The normalized spacial score (nSPS) is 26.3. The number of carbonyl (C=O) groups is 2. The molecule has 1 atom stereocenters.